The Morgan fingerprint density at radius 1 is 0.963 bits per heavy atom. The molecule has 3 aliphatic heterocycles. The SMILES string of the molecule is O=C(CN1CCC(c2cc(=O)n3c(n2)CCCCC3)CC1)N1CCCCC1. The summed E-state index contributed by atoms with van der Waals surface area (Å²) in [5.74, 6) is 1.63. The van der Waals surface area contributed by atoms with Gasteiger partial charge in [-0.15, -0.1) is 0 Å². The average Bonchev–Trinajstić information content (AvgIpc) is 2.95. The maximum Gasteiger partial charge on any atom is 0.253 e. The molecule has 0 bridgehead atoms. The number of likely N-dealkylation sites (tertiary alicyclic amines) is 2. The van der Waals surface area contributed by atoms with E-state index >= 15 is 0 Å². The van der Waals surface area contributed by atoms with E-state index in [-0.39, 0.29) is 11.5 Å². The molecule has 0 spiro atoms. The van der Waals surface area contributed by atoms with Gasteiger partial charge >= 0.3 is 0 Å². The first-order valence-corrected chi connectivity index (χ1v) is 10.8. The van der Waals surface area contributed by atoms with Crippen molar-refractivity contribution in [3.8, 4) is 0 Å². The molecule has 0 aliphatic carbocycles. The zero-order valence-corrected chi connectivity index (χ0v) is 16.4. The molecule has 3 aliphatic rings. The Kier molecular flexibility index (Phi) is 5.91. The van der Waals surface area contributed by atoms with Gasteiger partial charge in [0.25, 0.3) is 5.56 Å². The van der Waals surface area contributed by atoms with Gasteiger partial charge in [0.15, 0.2) is 0 Å². The molecule has 1 aromatic rings. The number of aromatic nitrogens is 2. The van der Waals surface area contributed by atoms with Crippen LogP contribution in [-0.2, 0) is 17.8 Å². The van der Waals surface area contributed by atoms with E-state index in [4.69, 9.17) is 4.98 Å². The van der Waals surface area contributed by atoms with Gasteiger partial charge in [0.1, 0.15) is 5.82 Å². The molecule has 0 atom stereocenters. The maximum absolute atomic E-state index is 12.5. The van der Waals surface area contributed by atoms with Crippen LogP contribution in [0.3, 0.4) is 0 Å². The van der Waals surface area contributed by atoms with Gasteiger partial charge in [-0.1, -0.05) is 6.42 Å². The fraction of sp³-hybridized carbons (Fsp3) is 0.762. The van der Waals surface area contributed by atoms with E-state index in [0.29, 0.717) is 12.5 Å². The minimum atomic E-state index is 0.125. The summed E-state index contributed by atoms with van der Waals surface area (Å²) in [7, 11) is 0. The van der Waals surface area contributed by atoms with Crippen molar-refractivity contribution in [3.05, 3.63) is 27.9 Å². The highest BCUT2D eigenvalue weighted by Gasteiger charge is 2.26. The van der Waals surface area contributed by atoms with Crippen LogP contribution in [0.1, 0.15) is 68.8 Å². The lowest BCUT2D eigenvalue weighted by Crippen LogP contribution is -2.45. The van der Waals surface area contributed by atoms with Gasteiger partial charge in [-0.2, -0.15) is 0 Å². The smallest absolute Gasteiger partial charge is 0.253 e. The highest BCUT2D eigenvalue weighted by molar-refractivity contribution is 5.78. The van der Waals surface area contributed by atoms with E-state index in [2.05, 4.69) is 4.90 Å². The second-order valence-electron chi connectivity index (χ2n) is 8.39. The summed E-state index contributed by atoms with van der Waals surface area (Å²) in [4.78, 5) is 34.2. The first-order valence-electron chi connectivity index (χ1n) is 10.8. The van der Waals surface area contributed by atoms with Crippen LogP contribution in [0.4, 0.5) is 0 Å². The zero-order valence-electron chi connectivity index (χ0n) is 16.4. The van der Waals surface area contributed by atoms with Gasteiger partial charge in [-0.25, -0.2) is 4.98 Å². The molecular weight excluding hydrogens is 340 g/mol. The number of fused-ring (bicyclic) bond motifs is 1. The van der Waals surface area contributed by atoms with Gasteiger partial charge in [-0.3, -0.25) is 19.1 Å². The second kappa shape index (κ2) is 8.55. The van der Waals surface area contributed by atoms with Gasteiger partial charge in [0.2, 0.25) is 5.91 Å². The Balaban J connectivity index is 1.35. The third kappa shape index (κ3) is 4.42. The minimum absolute atomic E-state index is 0.125. The normalized spacial score (nSPS) is 22.3. The van der Waals surface area contributed by atoms with Crippen LogP contribution in [0.2, 0.25) is 0 Å². The second-order valence-corrected chi connectivity index (χ2v) is 8.39. The Labute approximate surface area is 161 Å². The molecule has 2 fully saturated rings. The van der Waals surface area contributed by atoms with Crippen LogP contribution in [0.15, 0.2) is 10.9 Å². The molecule has 2 saturated heterocycles. The molecule has 27 heavy (non-hydrogen) atoms. The van der Waals surface area contributed by atoms with Crippen LogP contribution in [0.25, 0.3) is 0 Å². The van der Waals surface area contributed by atoms with Gasteiger partial charge in [-0.05, 0) is 58.0 Å². The predicted molar refractivity (Wildman–Crippen MR) is 105 cm³/mol. The van der Waals surface area contributed by atoms with Crippen molar-refractivity contribution in [3.63, 3.8) is 0 Å². The first-order chi connectivity index (χ1) is 13.2. The minimum Gasteiger partial charge on any atom is -0.342 e. The molecule has 0 radical (unpaired) electrons. The van der Waals surface area contributed by atoms with Crippen molar-refractivity contribution < 1.29 is 4.79 Å². The molecular formula is C21H32N4O2. The average molecular weight is 373 g/mol. The van der Waals surface area contributed by atoms with Crippen molar-refractivity contribution >= 4 is 5.91 Å². The van der Waals surface area contributed by atoms with Crippen molar-refractivity contribution in [2.75, 3.05) is 32.7 Å². The third-order valence-electron chi connectivity index (χ3n) is 6.46. The summed E-state index contributed by atoms with van der Waals surface area (Å²) in [5.41, 5.74) is 1.11. The fourth-order valence-electron chi connectivity index (χ4n) is 4.76. The molecule has 6 nitrogen and oxygen atoms in total. The first kappa shape index (κ1) is 18.7. The number of carbonyl (C=O) groups excluding carboxylic acids is 1. The summed E-state index contributed by atoms with van der Waals surface area (Å²) in [6, 6.07) is 1.77. The van der Waals surface area contributed by atoms with E-state index in [1.807, 2.05) is 9.47 Å². The number of nitrogens with zero attached hydrogens (tertiary/aromatic N) is 4. The molecule has 0 unspecified atom stereocenters. The van der Waals surface area contributed by atoms with Gasteiger partial charge < -0.3 is 4.90 Å². The lowest BCUT2D eigenvalue weighted by atomic mass is 9.93. The molecule has 0 aromatic carbocycles. The standard InChI is InChI=1S/C21H32N4O2/c26-20-15-18(22-19-7-3-1-6-12-25(19)20)17-8-13-23(14-9-17)16-21(27)24-10-4-2-5-11-24/h15,17H,1-14,16H2. The number of amides is 1. The quantitative estimate of drug-likeness (QED) is 0.816. The van der Waals surface area contributed by atoms with Crippen molar-refractivity contribution in [1.82, 2.24) is 19.4 Å². The molecule has 6 heteroatoms. The van der Waals surface area contributed by atoms with Crippen molar-refractivity contribution in [2.24, 2.45) is 0 Å². The lowest BCUT2D eigenvalue weighted by Gasteiger charge is -2.34. The summed E-state index contributed by atoms with van der Waals surface area (Å²) < 4.78 is 1.88. The number of aryl methyl sites for hydroxylation is 1. The van der Waals surface area contributed by atoms with Crippen molar-refractivity contribution in [1.29, 1.82) is 0 Å². The Morgan fingerprint density at radius 2 is 1.67 bits per heavy atom. The van der Waals surface area contributed by atoms with Crippen molar-refractivity contribution in [2.45, 2.75) is 70.3 Å². The third-order valence-corrected chi connectivity index (χ3v) is 6.46. The molecule has 1 amide bonds. The topological polar surface area (TPSA) is 58.4 Å². The number of piperidine rings is 2. The van der Waals surface area contributed by atoms with E-state index in [0.717, 1.165) is 89.2 Å². The predicted octanol–water partition coefficient (Wildman–Crippen LogP) is 2.16. The van der Waals surface area contributed by atoms with Crippen LogP contribution < -0.4 is 5.56 Å². The molecule has 4 heterocycles. The highest BCUT2D eigenvalue weighted by atomic mass is 16.2. The van der Waals surface area contributed by atoms with Crippen LogP contribution >= 0.6 is 0 Å². The molecule has 0 saturated carbocycles. The number of carbonyl (C=O) groups is 1. The molecule has 148 valence electrons. The monoisotopic (exact) mass is 372 g/mol. The summed E-state index contributed by atoms with van der Waals surface area (Å²) in [6.45, 7) is 5.07. The van der Waals surface area contributed by atoms with E-state index in [1.165, 1.54) is 12.8 Å². The fourth-order valence-corrected chi connectivity index (χ4v) is 4.76. The van der Waals surface area contributed by atoms with Crippen LogP contribution in [0, 0.1) is 0 Å². The highest BCUT2D eigenvalue weighted by Crippen LogP contribution is 2.27. The summed E-state index contributed by atoms with van der Waals surface area (Å²) in [6.07, 6.45) is 9.84. The van der Waals surface area contributed by atoms with E-state index in [1.54, 1.807) is 6.07 Å². The molecule has 4 rings (SSSR count). The zero-order chi connectivity index (χ0) is 18.6. The van der Waals surface area contributed by atoms with Crippen LogP contribution in [0.5, 0.6) is 0 Å². The Bertz CT molecular complexity index is 715. The number of rotatable bonds is 3. The van der Waals surface area contributed by atoms with E-state index in [9.17, 15) is 9.59 Å². The maximum atomic E-state index is 12.5. The van der Waals surface area contributed by atoms with Gasteiger partial charge in [0, 0.05) is 38.0 Å². The Morgan fingerprint density at radius 3 is 2.44 bits per heavy atom. The number of hydrogen-bond donors (Lipinski definition) is 0. The van der Waals surface area contributed by atoms with E-state index < -0.39 is 0 Å². The lowest BCUT2D eigenvalue weighted by molar-refractivity contribution is -0.133. The molecule has 0 N–H and O–H groups in total. The summed E-state index contributed by atoms with van der Waals surface area (Å²) >= 11 is 0. The summed E-state index contributed by atoms with van der Waals surface area (Å²) in [5, 5.41) is 0. The Hall–Kier alpha value is -1.69. The number of hydrogen-bond acceptors (Lipinski definition) is 4. The molecule has 1 aromatic heterocycles. The van der Waals surface area contributed by atoms with Gasteiger partial charge in [0.05, 0.1) is 12.2 Å². The van der Waals surface area contributed by atoms with Crippen LogP contribution in [-0.4, -0.2) is 58.0 Å². The largest absolute Gasteiger partial charge is 0.342 e.